The van der Waals surface area contributed by atoms with Crippen molar-refractivity contribution >= 4 is 17.2 Å². The summed E-state index contributed by atoms with van der Waals surface area (Å²) in [6.07, 6.45) is 3.43. The van der Waals surface area contributed by atoms with E-state index >= 15 is 0 Å². The lowest BCUT2D eigenvalue weighted by molar-refractivity contribution is -0.118. The van der Waals surface area contributed by atoms with Gasteiger partial charge in [0.05, 0.1) is 5.69 Å². The van der Waals surface area contributed by atoms with Crippen molar-refractivity contribution in [1.82, 2.24) is 24.8 Å². The van der Waals surface area contributed by atoms with E-state index in [9.17, 15) is 4.79 Å². The topological polar surface area (TPSA) is 94.3 Å². The fraction of sp³-hybridized carbons (Fsp3) is 0.0333. The molecule has 3 aromatic heterocycles. The number of anilines is 1. The molecule has 3 heterocycles. The first-order valence-electron chi connectivity index (χ1n) is 12.0. The van der Waals surface area contributed by atoms with Crippen LogP contribution in [0.3, 0.4) is 0 Å². The summed E-state index contributed by atoms with van der Waals surface area (Å²) in [6, 6.07) is 32.6. The van der Waals surface area contributed by atoms with Crippen LogP contribution in [-0.4, -0.2) is 37.3 Å². The molecule has 0 atom stereocenters. The summed E-state index contributed by atoms with van der Waals surface area (Å²) in [6.45, 7) is -0.118. The summed E-state index contributed by atoms with van der Waals surface area (Å²) in [7, 11) is 0. The quantitative estimate of drug-likeness (QED) is 0.311. The summed E-state index contributed by atoms with van der Waals surface area (Å²) in [5, 5.41) is 16.1. The molecule has 0 aliphatic heterocycles. The molecule has 0 spiro atoms. The third-order valence-corrected chi connectivity index (χ3v) is 5.96. The number of ether oxygens (including phenoxy) is 1. The molecule has 8 heteroatoms. The number of rotatable bonds is 7. The van der Waals surface area contributed by atoms with Crippen LogP contribution in [0, 0.1) is 0 Å². The van der Waals surface area contributed by atoms with Gasteiger partial charge in [0.1, 0.15) is 5.75 Å². The Kier molecular flexibility index (Phi) is 6.26. The van der Waals surface area contributed by atoms with Gasteiger partial charge in [-0.1, -0.05) is 60.7 Å². The molecule has 0 unspecified atom stereocenters. The molecule has 0 saturated heterocycles. The second-order valence-corrected chi connectivity index (χ2v) is 8.53. The van der Waals surface area contributed by atoms with Gasteiger partial charge >= 0.3 is 0 Å². The Morgan fingerprint density at radius 1 is 0.789 bits per heavy atom. The van der Waals surface area contributed by atoms with Crippen molar-refractivity contribution in [3.05, 3.63) is 116 Å². The fourth-order valence-corrected chi connectivity index (χ4v) is 4.16. The standard InChI is InChI=1S/C30H22N6O2/c37-29(20-38-27-14-5-4-13-25(27)21-8-2-1-3-9-21)32-24-12-6-10-22(18-24)26-15-16-28-33-34-30(36(28)35-26)23-11-7-17-31-19-23/h1-19H,20H2,(H,32,37). The van der Waals surface area contributed by atoms with Gasteiger partial charge in [0.25, 0.3) is 5.91 Å². The number of nitrogens with zero attached hydrogens (tertiary/aromatic N) is 5. The molecule has 1 N–H and O–H groups in total. The van der Waals surface area contributed by atoms with Crippen molar-refractivity contribution in [2.45, 2.75) is 0 Å². The van der Waals surface area contributed by atoms with E-state index in [0.717, 1.165) is 22.3 Å². The molecule has 1 amide bonds. The number of hydrogen-bond donors (Lipinski definition) is 1. The van der Waals surface area contributed by atoms with E-state index in [4.69, 9.17) is 9.84 Å². The molecule has 184 valence electrons. The Hall–Kier alpha value is -5.37. The van der Waals surface area contributed by atoms with Crippen LogP contribution in [-0.2, 0) is 4.79 Å². The van der Waals surface area contributed by atoms with Crippen molar-refractivity contribution in [2.75, 3.05) is 11.9 Å². The van der Waals surface area contributed by atoms with Crippen molar-refractivity contribution in [2.24, 2.45) is 0 Å². The Bertz CT molecular complexity index is 1720. The summed E-state index contributed by atoms with van der Waals surface area (Å²) >= 11 is 0. The molecule has 0 bridgehead atoms. The second-order valence-electron chi connectivity index (χ2n) is 8.53. The van der Waals surface area contributed by atoms with Gasteiger partial charge in [-0.05, 0) is 48.0 Å². The van der Waals surface area contributed by atoms with Crippen LogP contribution in [0.5, 0.6) is 5.75 Å². The highest BCUT2D eigenvalue weighted by atomic mass is 16.5. The number of nitrogens with one attached hydrogen (secondary N) is 1. The van der Waals surface area contributed by atoms with Crippen molar-refractivity contribution < 1.29 is 9.53 Å². The van der Waals surface area contributed by atoms with Crippen molar-refractivity contribution in [3.8, 4) is 39.5 Å². The van der Waals surface area contributed by atoms with Crippen LogP contribution in [0.15, 0.2) is 116 Å². The lowest BCUT2D eigenvalue weighted by Gasteiger charge is -2.12. The number of pyridine rings is 1. The first-order valence-corrected chi connectivity index (χ1v) is 12.0. The average Bonchev–Trinajstić information content (AvgIpc) is 3.41. The smallest absolute Gasteiger partial charge is 0.262 e. The third kappa shape index (κ3) is 4.83. The second kappa shape index (κ2) is 10.3. The summed E-state index contributed by atoms with van der Waals surface area (Å²) in [5.41, 5.74) is 5.61. The third-order valence-electron chi connectivity index (χ3n) is 5.96. The number of carbonyl (C=O) groups excluding carboxylic acids is 1. The number of aromatic nitrogens is 5. The predicted octanol–water partition coefficient (Wildman–Crippen LogP) is 5.54. The lowest BCUT2D eigenvalue weighted by Crippen LogP contribution is -2.20. The zero-order valence-corrected chi connectivity index (χ0v) is 20.2. The highest BCUT2D eigenvalue weighted by molar-refractivity contribution is 5.92. The Morgan fingerprint density at radius 3 is 2.47 bits per heavy atom. The highest BCUT2D eigenvalue weighted by Gasteiger charge is 2.12. The van der Waals surface area contributed by atoms with Crippen LogP contribution in [0.2, 0.25) is 0 Å². The molecule has 0 fully saturated rings. The molecule has 0 saturated carbocycles. The first kappa shape index (κ1) is 23.1. The highest BCUT2D eigenvalue weighted by Crippen LogP contribution is 2.29. The minimum atomic E-state index is -0.258. The summed E-state index contributed by atoms with van der Waals surface area (Å²) < 4.78 is 7.58. The molecule has 0 aliphatic carbocycles. The van der Waals surface area contributed by atoms with E-state index in [1.54, 1.807) is 16.9 Å². The number of benzene rings is 3. The van der Waals surface area contributed by atoms with Gasteiger partial charge in [0, 0.05) is 34.8 Å². The van der Waals surface area contributed by atoms with E-state index in [1.807, 2.05) is 103 Å². The van der Waals surface area contributed by atoms with E-state index in [-0.39, 0.29) is 12.5 Å². The average molecular weight is 499 g/mol. The monoisotopic (exact) mass is 498 g/mol. The van der Waals surface area contributed by atoms with Gasteiger partial charge in [-0.25, -0.2) is 0 Å². The maximum Gasteiger partial charge on any atom is 0.262 e. The molecule has 6 rings (SSSR count). The van der Waals surface area contributed by atoms with Gasteiger partial charge in [-0.2, -0.15) is 9.61 Å². The van der Waals surface area contributed by atoms with Gasteiger partial charge in [-0.3, -0.25) is 9.78 Å². The molecule has 8 nitrogen and oxygen atoms in total. The SMILES string of the molecule is O=C(COc1ccccc1-c1ccccc1)Nc1cccc(-c2ccc3nnc(-c4cccnc4)n3n2)c1. The minimum Gasteiger partial charge on any atom is -0.483 e. The lowest BCUT2D eigenvalue weighted by atomic mass is 10.1. The summed E-state index contributed by atoms with van der Waals surface area (Å²) in [4.78, 5) is 16.9. The number of para-hydroxylation sites is 1. The zero-order valence-electron chi connectivity index (χ0n) is 20.2. The van der Waals surface area contributed by atoms with Crippen molar-refractivity contribution in [1.29, 1.82) is 0 Å². The molecular weight excluding hydrogens is 476 g/mol. The Balaban J connectivity index is 1.18. The maximum absolute atomic E-state index is 12.7. The Morgan fingerprint density at radius 2 is 1.61 bits per heavy atom. The van der Waals surface area contributed by atoms with E-state index in [0.29, 0.717) is 28.6 Å². The molecule has 0 aliphatic rings. The number of carbonyl (C=O) groups is 1. The molecule has 0 radical (unpaired) electrons. The fourth-order valence-electron chi connectivity index (χ4n) is 4.16. The van der Waals surface area contributed by atoms with Crippen LogP contribution < -0.4 is 10.1 Å². The number of fused-ring (bicyclic) bond motifs is 1. The maximum atomic E-state index is 12.7. The van der Waals surface area contributed by atoms with E-state index in [2.05, 4.69) is 20.5 Å². The van der Waals surface area contributed by atoms with Crippen molar-refractivity contribution in [3.63, 3.8) is 0 Å². The minimum absolute atomic E-state index is 0.118. The van der Waals surface area contributed by atoms with E-state index in [1.165, 1.54) is 0 Å². The van der Waals surface area contributed by atoms with Crippen LogP contribution in [0.1, 0.15) is 0 Å². The molecular formula is C30H22N6O2. The van der Waals surface area contributed by atoms with E-state index < -0.39 is 0 Å². The van der Waals surface area contributed by atoms with Gasteiger partial charge in [-0.15, -0.1) is 10.2 Å². The van der Waals surface area contributed by atoms with Gasteiger partial charge in [0.2, 0.25) is 0 Å². The first-order chi connectivity index (χ1) is 18.7. The molecule has 38 heavy (non-hydrogen) atoms. The van der Waals surface area contributed by atoms with Gasteiger partial charge < -0.3 is 10.1 Å². The summed E-state index contributed by atoms with van der Waals surface area (Å²) in [5.74, 6) is 0.997. The largest absolute Gasteiger partial charge is 0.483 e. The van der Waals surface area contributed by atoms with Crippen LogP contribution in [0.4, 0.5) is 5.69 Å². The number of hydrogen-bond acceptors (Lipinski definition) is 6. The van der Waals surface area contributed by atoms with Crippen LogP contribution >= 0.6 is 0 Å². The Labute approximate surface area is 218 Å². The predicted molar refractivity (Wildman–Crippen MR) is 145 cm³/mol. The number of amides is 1. The molecule has 6 aromatic rings. The van der Waals surface area contributed by atoms with Crippen LogP contribution in [0.25, 0.3) is 39.4 Å². The zero-order chi connectivity index (χ0) is 25.7. The molecule has 3 aromatic carbocycles. The normalized spacial score (nSPS) is 10.8. The van der Waals surface area contributed by atoms with Gasteiger partial charge in [0.15, 0.2) is 18.1 Å².